The van der Waals surface area contributed by atoms with Crippen molar-refractivity contribution >= 4 is 26.1 Å². The van der Waals surface area contributed by atoms with E-state index in [-0.39, 0.29) is 17.6 Å². The molecule has 4 heteroatoms. The highest BCUT2D eigenvalue weighted by molar-refractivity contribution is 7.35. The first-order valence-corrected chi connectivity index (χ1v) is 13.1. The highest BCUT2D eigenvalue weighted by atomic mass is 29.5. The SMILES string of the molecule is C=CC[SiH]1CCO[SiH2][SiH2]1. The van der Waals surface area contributed by atoms with Crippen molar-refractivity contribution in [1.29, 1.82) is 0 Å². The third-order valence-corrected chi connectivity index (χ3v) is 21.2. The number of hydrogen-bond acceptors (Lipinski definition) is 1. The van der Waals surface area contributed by atoms with Crippen molar-refractivity contribution in [3.8, 4) is 0 Å². The highest BCUT2D eigenvalue weighted by Gasteiger charge is 2.13. The summed E-state index contributed by atoms with van der Waals surface area (Å²) in [5.74, 6) is 0. The predicted molar refractivity (Wildman–Crippen MR) is 50.0 cm³/mol. The quantitative estimate of drug-likeness (QED) is 0.389. The van der Waals surface area contributed by atoms with Crippen LogP contribution in [0.2, 0.25) is 12.1 Å². The zero-order valence-electron chi connectivity index (χ0n) is 5.81. The Balaban J connectivity index is 2.15. The van der Waals surface area contributed by atoms with E-state index in [1.165, 1.54) is 12.1 Å². The zero-order chi connectivity index (χ0) is 6.53. The van der Waals surface area contributed by atoms with Gasteiger partial charge in [0.1, 0.15) is 9.28 Å². The van der Waals surface area contributed by atoms with E-state index < -0.39 is 0 Å². The summed E-state index contributed by atoms with van der Waals surface area (Å²) in [6, 6.07) is 2.87. The minimum atomic E-state index is -0.169. The molecule has 1 heterocycles. The molecule has 0 spiro atoms. The molecule has 1 aliphatic rings. The van der Waals surface area contributed by atoms with E-state index in [0.29, 0.717) is 8.55 Å². The van der Waals surface area contributed by atoms with Crippen molar-refractivity contribution in [2.45, 2.75) is 12.1 Å². The monoisotopic (exact) mass is 174 g/mol. The number of hydrogen-bond donors (Lipinski definition) is 0. The van der Waals surface area contributed by atoms with Gasteiger partial charge in [-0.3, -0.25) is 0 Å². The van der Waals surface area contributed by atoms with Crippen molar-refractivity contribution in [2.75, 3.05) is 6.61 Å². The second kappa shape index (κ2) is 4.21. The molecule has 1 saturated heterocycles. The van der Waals surface area contributed by atoms with Crippen LogP contribution in [-0.4, -0.2) is 32.8 Å². The van der Waals surface area contributed by atoms with Gasteiger partial charge in [0.25, 0.3) is 0 Å². The Kier molecular flexibility index (Phi) is 3.49. The average molecular weight is 174 g/mol. The van der Waals surface area contributed by atoms with Gasteiger partial charge in [0.05, 0.1) is 0 Å². The van der Waals surface area contributed by atoms with Gasteiger partial charge >= 0.3 is 0 Å². The van der Waals surface area contributed by atoms with Gasteiger partial charge in [0.15, 0.2) is 0 Å². The molecule has 52 valence electrons. The summed E-state index contributed by atoms with van der Waals surface area (Å²) < 4.78 is 5.45. The summed E-state index contributed by atoms with van der Waals surface area (Å²) in [5, 5.41) is 0. The second-order valence-electron chi connectivity index (χ2n) is 2.58. The van der Waals surface area contributed by atoms with Gasteiger partial charge in [-0.1, -0.05) is 6.08 Å². The third-order valence-electron chi connectivity index (χ3n) is 1.84. The fourth-order valence-corrected chi connectivity index (χ4v) is 18.3. The van der Waals surface area contributed by atoms with Gasteiger partial charge in [-0.25, -0.2) is 0 Å². The summed E-state index contributed by atoms with van der Waals surface area (Å²) >= 11 is 0. The summed E-state index contributed by atoms with van der Waals surface area (Å²) in [4.78, 5) is 0. The summed E-state index contributed by atoms with van der Waals surface area (Å²) in [7, 11) is 0.321. The van der Waals surface area contributed by atoms with E-state index in [9.17, 15) is 0 Å². The maximum atomic E-state index is 5.45. The van der Waals surface area contributed by atoms with Crippen LogP contribution in [0.5, 0.6) is 0 Å². The molecular formula is C5H14OSi3. The molecule has 0 aromatic heterocycles. The Morgan fingerprint density at radius 3 is 3.22 bits per heavy atom. The molecular weight excluding hydrogens is 160 g/mol. The minimum Gasteiger partial charge on any atom is -0.428 e. The molecule has 0 aliphatic carbocycles. The first-order chi connectivity index (χ1) is 4.43. The minimum absolute atomic E-state index is 0.0936. The molecule has 1 unspecified atom stereocenters. The smallest absolute Gasteiger partial charge is 0.140 e. The van der Waals surface area contributed by atoms with Gasteiger partial charge in [-0.05, 0) is 12.1 Å². The molecule has 1 fully saturated rings. The molecule has 9 heavy (non-hydrogen) atoms. The number of rotatable bonds is 2. The molecule has 0 aromatic carbocycles. The first kappa shape index (κ1) is 7.46. The van der Waals surface area contributed by atoms with E-state index in [1.807, 2.05) is 0 Å². The number of allylic oxidation sites excluding steroid dienone is 1. The standard InChI is InChI=1S/C5H14OSi3/c1-2-4-9-5-3-6-7-8-9/h2,9H,1,3-5,7-8H2. The Labute approximate surface area is 62.4 Å². The van der Waals surface area contributed by atoms with Crippen molar-refractivity contribution in [2.24, 2.45) is 0 Å². The van der Waals surface area contributed by atoms with E-state index in [1.54, 1.807) is 0 Å². The van der Waals surface area contributed by atoms with E-state index in [4.69, 9.17) is 4.43 Å². The van der Waals surface area contributed by atoms with Crippen molar-refractivity contribution < 1.29 is 4.43 Å². The Bertz CT molecular complexity index is 90.2. The highest BCUT2D eigenvalue weighted by Crippen LogP contribution is 2.02. The summed E-state index contributed by atoms with van der Waals surface area (Å²) in [6.07, 6.45) is 2.13. The Hall–Kier alpha value is 0.351. The fraction of sp³-hybridized carbons (Fsp3) is 0.600. The van der Waals surface area contributed by atoms with Gasteiger partial charge in [-0.15, -0.1) is 6.58 Å². The van der Waals surface area contributed by atoms with Gasteiger partial charge < -0.3 is 4.43 Å². The normalized spacial score (nSPS) is 33.1. The Morgan fingerprint density at radius 1 is 1.78 bits per heavy atom. The van der Waals surface area contributed by atoms with E-state index in [2.05, 4.69) is 12.7 Å². The van der Waals surface area contributed by atoms with Crippen LogP contribution in [0.15, 0.2) is 12.7 Å². The lowest BCUT2D eigenvalue weighted by Gasteiger charge is -2.17. The summed E-state index contributed by atoms with van der Waals surface area (Å²) in [6.45, 7) is 4.90. The lowest BCUT2D eigenvalue weighted by atomic mass is 10.8. The van der Waals surface area contributed by atoms with Crippen LogP contribution in [0.4, 0.5) is 0 Å². The molecule has 0 aromatic rings. The molecule has 0 radical (unpaired) electrons. The summed E-state index contributed by atoms with van der Waals surface area (Å²) in [5.41, 5.74) is 0. The van der Waals surface area contributed by atoms with Crippen LogP contribution >= 0.6 is 0 Å². The largest absolute Gasteiger partial charge is 0.428 e. The molecule has 0 bridgehead atoms. The van der Waals surface area contributed by atoms with Gasteiger partial charge in [0, 0.05) is 23.5 Å². The fourth-order valence-electron chi connectivity index (χ4n) is 1.22. The van der Waals surface area contributed by atoms with Crippen molar-refractivity contribution in [3.05, 3.63) is 12.7 Å². The van der Waals surface area contributed by atoms with Gasteiger partial charge in [0.2, 0.25) is 0 Å². The maximum absolute atomic E-state index is 5.45. The lowest BCUT2D eigenvalue weighted by Crippen LogP contribution is -2.34. The van der Waals surface area contributed by atoms with Crippen LogP contribution in [-0.2, 0) is 4.43 Å². The van der Waals surface area contributed by atoms with Crippen LogP contribution in [0.25, 0.3) is 0 Å². The lowest BCUT2D eigenvalue weighted by molar-refractivity contribution is 0.367. The van der Waals surface area contributed by atoms with Crippen LogP contribution in [0.3, 0.4) is 0 Å². The van der Waals surface area contributed by atoms with Crippen LogP contribution in [0, 0.1) is 0 Å². The second-order valence-corrected chi connectivity index (χ2v) is 18.4. The molecule has 1 nitrogen and oxygen atoms in total. The first-order valence-electron chi connectivity index (χ1n) is 3.62. The Morgan fingerprint density at radius 2 is 2.67 bits per heavy atom. The molecule has 0 amide bonds. The average Bonchev–Trinajstić information content (AvgIpc) is 1.91. The molecule has 1 rings (SSSR count). The van der Waals surface area contributed by atoms with E-state index in [0.717, 1.165) is 6.61 Å². The molecule has 1 aliphatic heterocycles. The molecule has 0 saturated carbocycles. The van der Waals surface area contributed by atoms with Crippen LogP contribution < -0.4 is 0 Å². The predicted octanol–water partition coefficient (Wildman–Crippen LogP) is -0.906. The third kappa shape index (κ3) is 2.61. The topological polar surface area (TPSA) is 9.23 Å². The van der Waals surface area contributed by atoms with Gasteiger partial charge in [-0.2, -0.15) is 0 Å². The zero-order valence-corrected chi connectivity index (χ0v) is 9.79. The van der Waals surface area contributed by atoms with Crippen molar-refractivity contribution in [3.63, 3.8) is 0 Å². The molecule has 1 atom stereocenters. The van der Waals surface area contributed by atoms with Crippen LogP contribution in [0.1, 0.15) is 0 Å². The van der Waals surface area contributed by atoms with Crippen molar-refractivity contribution in [1.82, 2.24) is 0 Å². The maximum Gasteiger partial charge on any atom is 0.140 e. The molecule has 0 N–H and O–H groups in total. The van der Waals surface area contributed by atoms with E-state index >= 15 is 0 Å².